The smallest absolute Gasteiger partial charge is 0.251 e. The molecule has 1 N–H and O–H groups in total. The van der Waals surface area contributed by atoms with Crippen LogP contribution in [0.2, 0.25) is 10.0 Å². The summed E-state index contributed by atoms with van der Waals surface area (Å²) >= 11 is 11.9. The van der Waals surface area contributed by atoms with Crippen molar-refractivity contribution in [1.29, 1.82) is 0 Å². The summed E-state index contributed by atoms with van der Waals surface area (Å²) in [5.74, 6) is -0.486. The lowest BCUT2D eigenvalue weighted by molar-refractivity contribution is 0.0956. The Morgan fingerprint density at radius 2 is 1.61 bits per heavy atom. The second-order valence-corrected chi connectivity index (χ2v) is 9.41. The van der Waals surface area contributed by atoms with Crippen molar-refractivity contribution in [1.82, 2.24) is 9.62 Å². The van der Waals surface area contributed by atoms with Gasteiger partial charge in [0.25, 0.3) is 5.91 Å². The van der Waals surface area contributed by atoms with Crippen LogP contribution in [0.4, 0.5) is 5.69 Å². The molecular formula is C19H21Cl2N3O3S. The molecule has 0 unspecified atom stereocenters. The van der Waals surface area contributed by atoms with Gasteiger partial charge in [-0.3, -0.25) is 4.79 Å². The Labute approximate surface area is 175 Å². The van der Waals surface area contributed by atoms with Crippen molar-refractivity contribution in [2.45, 2.75) is 0 Å². The molecule has 0 spiro atoms. The molecule has 1 amide bonds. The van der Waals surface area contributed by atoms with E-state index in [0.717, 1.165) is 5.69 Å². The largest absolute Gasteiger partial charge is 0.369 e. The van der Waals surface area contributed by atoms with Crippen LogP contribution in [0.25, 0.3) is 0 Å². The van der Waals surface area contributed by atoms with E-state index in [1.807, 2.05) is 24.3 Å². The number of benzene rings is 2. The van der Waals surface area contributed by atoms with Gasteiger partial charge in [0, 0.05) is 54.0 Å². The van der Waals surface area contributed by atoms with E-state index >= 15 is 0 Å². The zero-order chi connectivity index (χ0) is 20.1. The van der Waals surface area contributed by atoms with Crippen LogP contribution in [0, 0.1) is 0 Å². The lowest BCUT2D eigenvalue weighted by Gasteiger charge is -2.35. The Balaban J connectivity index is 1.49. The summed E-state index contributed by atoms with van der Waals surface area (Å²) in [6, 6.07) is 14.0. The maximum absolute atomic E-state index is 12.6. The second-order valence-electron chi connectivity index (χ2n) is 6.45. The summed E-state index contributed by atoms with van der Waals surface area (Å²) < 4.78 is 26.6. The number of hydrogen-bond donors (Lipinski definition) is 1. The first-order chi connectivity index (χ1) is 13.3. The number of piperazine rings is 1. The number of amides is 1. The van der Waals surface area contributed by atoms with E-state index < -0.39 is 10.0 Å². The van der Waals surface area contributed by atoms with Crippen molar-refractivity contribution in [2.75, 3.05) is 43.4 Å². The van der Waals surface area contributed by atoms with E-state index in [2.05, 4.69) is 10.2 Å². The number of sulfonamides is 1. The molecule has 1 saturated heterocycles. The number of halogens is 2. The van der Waals surface area contributed by atoms with E-state index in [1.165, 1.54) is 4.31 Å². The Morgan fingerprint density at radius 1 is 0.964 bits per heavy atom. The second kappa shape index (κ2) is 9.13. The molecule has 0 radical (unpaired) electrons. The molecular weight excluding hydrogens is 421 g/mol. The third-order valence-corrected chi connectivity index (χ3v) is 6.88. The zero-order valence-electron chi connectivity index (χ0n) is 15.1. The molecule has 0 aromatic heterocycles. The summed E-state index contributed by atoms with van der Waals surface area (Å²) in [6.07, 6.45) is 0. The summed E-state index contributed by atoms with van der Waals surface area (Å²) in [7, 11) is -3.44. The quantitative estimate of drug-likeness (QED) is 0.747. The van der Waals surface area contributed by atoms with Gasteiger partial charge in [-0.25, -0.2) is 8.42 Å². The van der Waals surface area contributed by atoms with Crippen LogP contribution in [0.1, 0.15) is 10.4 Å². The summed E-state index contributed by atoms with van der Waals surface area (Å²) in [5, 5.41) is 3.75. The summed E-state index contributed by atoms with van der Waals surface area (Å²) in [5.41, 5.74) is 1.39. The molecule has 0 atom stereocenters. The molecule has 3 rings (SSSR count). The van der Waals surface area contributed by atoms with E-state index in [9.17, 15) is 13.2 Å². The van der Waals surface area contributed by atoms with Gasteiger partial charge in [0.2, 0.25) is 10.0 Å². The number of rotatable bonds is 6. The van der Waals surface area contributed by atoms with Gasteiger partial charge in [-0.2, -0.15) is 4.31 Å². The van der Waals surface area contributed by atoms with Crippen LogP contribution >= 0.6 is 23.2 Å². The number of carbonyl (C=O) groups excluding carboxylic acids is 1. The van der Waals surface area contributed by atoms with Crippen LogP contribution in [0.15, 0.2) is 48.5 Å². The molecule has 150 valence electrons. The lowest BCUT2D eigenvalue weighted by atomic mass is 10.2. The first-order valence-electron chi connectivity index (χ1n) is 8.87. The first-order valence-corrected chi connectivity index (χ1v) is 11.2. The highest BCUT2D eigenvalue weighted by Gasteiger charge is 2.27. The van der Waals surface area contributed by atoms with Crippen molar-refractivity contribution in [2.24, 2.45) is 0 Å². The molecule has 28 heavy (non-hydrogen) atoms. The fraction of sp³-hybridized carbons (Fsp3) is 0.316. The van der Waals surface area contributed by atoms with Gasteiger partial charge in [-0.15, -0.1) is 0 Å². The maximum atomic E-state index is 12.6. The zero-order valence-corrected chi connectivity index (χ0v) is 17.5. The minimum atomic E-state index is -3.44. The number of nitrogens with zero attached hydrogens (tertiary/aromatic N) is 2. The molecule has 0 saturated carbocycles. The molecule has 2 aromatic rings. The van der Waals surface area contributed by atoms with Gasteiger partial charge < -0.3 is 10.2 Å². The van der Waals surface area contributed by atoms with E-state index in [4.69, 9.17) is 23.2 Å². The molecule has 1 aliphatic rings. The molecule has 2 aromatic carbocycles. The van der Waals surface area contributed by atoms with E-state index in [1.54, 1.807) is 24.3 Å². The maximum Gasteiger partial charge on any atom is 0.251 e. The number of anilines is 1. The lowest BCUT2D eigenvalue weighted by Crippen LogP contribution is -2.50. The van der Waals surface area contributed by atoms with Crippen molar-refractivity contribution in [3.05, 3.63) is 64.1 Å². The average molecular weight is 442 g/mol. The molecule has 1 aliphatic heterocycles. The SMILES string of the molecule is O=C(NCCS(=O)(=O)N1CCN(c2cccc(Cl)c2)CC1)c1cccc(Cl)c1. The normalized spacial score (nSPS) is 15.4. The highest BCUT2D eigenvalue weighted by atomic mass is 35.5. The fourth-order valence-corrected chi connectivity index (χ4v) is 4.76. The molecule has 9 heteroatoms. The van der Waals surface area contributed by atoms with Gasteiger partial charge in [-0.1, -0.05) is 35.3 Å². The number of hydrogen-bond acceptors (Lipinski definition) is 4. The standard InChI is InChI=1S/C19H21Cl2N3O3S/c20-16-4-1-3-15(13-16)19(25)22-7-12-28(26,27)24-10-8-23(9-11-24)18-6-2-5-17(21)14-18/h1-6,13-14H,7-12H2,(H,22,25). The van der Waals surface area contributed by atoms with Crippen molar-refractivity contribution in [3.8, 4) is 0 Å². The Hall–Kier alpha value is -1.80. The van der Waals surface area contributed by atoms with Crippen molar-refractivity contribution in [3.63, 3.8) is 0 Å². The minimum Gasteiger partial charge on any atom is -0.369 e. The van der Waals surface area contributed by atoms with Gasteiger partial charge in [0.15, 0.2) is 0 Å². The Kier molecular flexibility index (Phi) is 6.82. The third-order valence-electron chi connectivity index (χ3n) is 4.54. The Bertz CT molecular complexity index is 945. The molecule has 0 bridgehead atoms. The van der Waals surface area contributed by atoms with Crippen LogP contribution in [0.5, 0.6) is 0 Å². The number of nitrogens with one attached hydrogen (secondary N) is 1. The van der Waals surface area contributed by atoms with Crippen LogP contribution < -0.4 is 10.2 Å². The predicted molar refractivity (Wildman–Crippen MR) is 113 cm³/mol. The topological polar surface area (TPSA) is 69.7 Å². The molecule has 1 heterocycles. The molecule has 0 aliphatic carbocycles. The summed E-state index contributed by atoms with van der Waals surface area (Å²) in [4.78, 5) is 14.2. The number of carbonyl (C=O) groups is 1. The van der Waals surface area contributed by atoms with Crippen molar-refractivity contribution >= 4 is 44.8 Å². The van der Waals surface area contributed by atoms with Crippen molar-refractivity contribution < 1.29 is 13.2 Å². The van der Waals surface area contributed by atoms with Gasteiger partial charge in [-0.05, 0) is 36.4 Å². The summed E-state index contributed by atoms with van der Waals surface area (Å²) in [6.45, 7) is 2.03. The highest BCUT2D eigenvalue weighted by molar-refractivity contribution is 7.89. The van der Waals surface area contributed by atoms with Crippen LogP contribution in [-0.4, -0.2) is 57.1 Å². The van der Waals surface area contributed by atoms with Crippen LogP contribution in [0.3, 0.4) is 0 Å². The van der Waals surface area contributed by atoms with Crippen LogP contribution in [-0.2, 0) is 10.0 Å². The van der Waals surface area contributed by atoms with Gasteiger partial charge in [0.05, 0.1) is 5.75 Å². The fourth-order valence-electron chi connectivity index (χ4n) is 3.05. The van der Waals surface area contributed by atoms with E-state index in [0.29, 0.717) is 41.8 Å². The minimum absolute atomic E-state index is 0.0438. The molecule has 6 nitrogen and oxygen atoms in total. The van der Waals surface area contributed by atoms with Gasteiger partial charge >= 0.3 is 0 Å². The third kappa shape index (κ3) is 5.38. The first kappa shape index (κ1) is 20.9. The molecule has 1 fully saturated rings. The van der Waals surface area contributed by atoms with E-state index in [-0.39, 0.29) is 18.2 Å². The highest BCUT2D eigenvalue weighted by Crippen LogP contribution is 2.21. The van der Waals surface area contributed by atoms with Gasteiger partial charge in [0.1, 0.15) is 0 Å². The monoisotopic (exact) mass is 441 g/mol. The Morgan fingerprint density at radius 3 is 2.25 bits per heavy atom. The average Bonchev–Trinajstić information content (AvgIpc) is 2.68. The predicted octanol–water partition coefficient (Wildman–Crippen LogP) is 2.88.